The van der Waals surface area contributed by atoms with Crippen molar-refractivity contribution in [3.05, 3.63) is 47.6 Å². The lowest BCUT2D eigenvalue weighted by atomic mass is 9.67. The minimum absolute atomic E-state index is 0.0184. The number of amides is 1. The summed E-state index contributed by atoms with van der Waals surface area (Å²) in [5.74, 6) is -5.16. The molecule has 5 aliphatic rings. The Morgan fingerprint density at radius 1 is 0.891 bits per heavy atom. The smallest absolute Gasteiger partial charge is 0.329 e. The number of hydrogen-bond donors (Lipinski definition) is 4. The van der Waals surface area contributed by atoms with E-state index in [2.05, 4.69) is 0 Å². The third kappa shape index (κ3) is 12.4. The topological polar surface area (TPSA) is 188 Å². The molecule has 1 amide bonds. The predicted molar refractivity (Wildman–Crippen MR) is 244 cm³/mol. The van der Waals surface area contributed by atoms with Gasteiger partial charge in [0.25, 0.3) is 11.7 Å². The molecule has 1 saturated heterocycles. The van der Waals surface area contributed by atoms with E-state index in [4.69, 9.17) is 9.47 Å². The zero-order valence-electron chi connectivity index (χ0n) is 39.8. The summed E-state index contributed by atoms with van der Waals surface area (Å²) in [4.78, 5) is 72.0. The number of cyclic esters (lactones) is 1. The number of aliphatic hydroxyl groups excluding tert-OH is 3. The highest BCUT2D eigenvalue weighted by Crippen LogP contribution is 2.51. The summed E-state index contributed by atoms with van der Waals surface area (Å²) in [7, 11) is 1.63. The fourth-order valence-corrected chi connectivity index (χ4v) is 11.7. The molecule has 12 heteroatoms. The van der Waals surface area contributed by atoms with Crippen molar-refractivity contribution in [3.63, 3.8) is 0 Å². The summed E-state index contributed by atoms with van der Waals surface area (Å²) in [6, 6.07) is -1.07. The van der Waals surface area contributed by atoms with Gasteiger partial charge in [0, 0.05) is 31.9 Å². The summed E-state index contributed by atoms with van der Waals surface area (Å²) in [6.45, 7) is 12.5. The van der Waals surface area contributed by atoms with E-state index in [1.54, 1.807) is 40.9 Å². The van der Waals surface area contributed by atoms with Crippen LogP contribution in [0, 0.1) is 59.2 Å². The van der Waals surface area contributed by atoms with Gasteiger partial charge < -0.3 is 34.8 Å². The molecule has 2 aliphatic heterocycles. The average Bonchev–Trinajstić information content (AvgIpc) is 3.84. The lowest BCUT2D eigenvalue weighted by molar-refractivity contribution is -0.171. The minimum Gasteiger partial charge on any atom is -0.460 e. The van der Waals surface area contributed by atoms with Gasteiger partial charge in [-0.25, -0.2) is 4.79 Å². The van der Waals surface area contributed by atoms with Crippen molar-refractivity contribution in [1.29, 1.82) is 0 Å². The largest absolute Gasteiger partial charge is 0.460 e. The molecule has 4 fully saturated rings. The molecular formula is C52H79NO11. The van der Waals surface area contributed by atoms with Crippen LogP contribution < -0.4 is 0 Å². The fourth-order valence-electron chi connectivity index (χ4n) is 11.7. The van der Waals surface area contributed by atoms with E-state index >= 15 is 0 Å². The third-order valence-corrected chi connectivity index (χ3v) is 16.0. The molecule has 2 heterocycles. The number of ketones is 3. The molecule has 0 unspecified atom stereocenters. The van der Waals surface area contributed by atoms with Gasteiger partial charge in [0.1, 0.15) is 29.3 Å². The SMILES string of the molecule is CO[C@H]1C[C@@H]2CC[C@@H](C)[C@@](O)(C2)C(=O)C(=O)N2CCCC[C@H]2C(=O)O[C@H]([C@H](C)C[C@H]2C[C@H]3C[C@@H]2C[C@@H]3O)CC(=O)[C@H](C)/C=C(\C)[C@@H](O)[C@@H](CO)C(=O)[C@H](C)C[C@H](C)/C=C/C=CC=C1C. The van der Waals surface area contributed by atoms with Crippen molar-refractivity contribution in [2.45, 2.75) is 168 Å². The van der Waals surface area contributed by atoms with E-state index < -0.39 is 71.8 Å². The molecule has 12 nitrogen and oxygen atoms in total. The van der Waals surface area contributed by atoms with Crippen LogP contribution in [-0.2, 0) is 33.4 Å². The first kappa shape index (κ1) is 51.7. The molecule has 0 radical (unpaired) electrons. The van der Waals surface area contributed by atoms with E-state index in [1.165, 1.54) is 4.90 Å². The van der Waals surface area contributed by atoms with Crippen molar-refractivity contribution in [2.75, 3.05) is 20.3 Å². The van der Waals surface area contributed by atoms with Crippen LogP contribution in [0.1, 0.15) is 132 Å². The normalized spacial score (nSPS) is 41.2. The maximum absolute atomic E-state index is 14.4. The molecule has 3 saturated carbocycles. The molecular weight excluding hydrogens is 815 g/mol. The number of carbonyl (C=O) groups is 5. The lowest BCUT2D eigenvalue weighted by Crippen LogP contribution is -2.59. The van der Waals surface area contributed by atoms with Crippen LogP contribution in [-0.4, -0.2) is 111 Å². The number of fused-ring (bicyclic) bond motifs is 5. The lowest BCUT2D eigenvalue weighted by Gasteiger charge is -2.43. The number of nitrogens with zero attached hydrogens (tertiary/aromatic N) is 1. The van der Waals surface area contributed by atoms with Crippen LogP contribution in [0.15, 0.2) is 47.6 Å². The monoisotopic (exact) mass is 894 g/mol. The minimum atomic E-state index is -1.92. The van der Waals surface area contributed by atoms with Gasteiger partial charge >= 0.3 is 5.97 Å². The number of methoxy groups -OCH3 is 1. The average molecular weight is 894 g/mol. The number of ether oxygens (including phenoxy) is 2. The van der Waals surface area contributed by atoms with Crippen molar-refractivity contribution >= 4 is 29.2 Å². The summed E-state index contributed by atoms with van der Waals surface area (Å²) in [5.41, 5.74) is -0.583. The highest BCUT2D eigenvalue weighted by Gasteiger charge is 2.52. The van der Waals surface area contributed by atoms with Gasteiger partial charge in [0.2, 0.25) is 0 Å². The van der Waals surface area contributed by atoms with Crippen LogP contribution in [0.4, 0.5) is 0 Å². The third-order valence-electron chi connectivity index (χ3n) is 16.0. The summed E-state index contributed by atoms with van der Waals surface area (Å²) in [6.07, 6.45) is 15.6. The van der Waals surface area contributed by atoms with Crippen molar-refractivity contribution in [2.24, 2.45) is 59.2 Å². The maximum atomic E-state index is 14.4. The predicted octanol–water partition coefficient (Wildman–Crippen LogP) is 6.67. The quantitative estimate of drug-likeness (QED) is 0.131. The first-order chi connectivity index (χ1) is 30.3. The molecule has 0 aromatic rings. The van der Waals surface area contributed by atoms with Gasteiger partial charge in [-0.15, -0.1) is 0 Å². The van der Waals surface area contributed by atoms with Crippen molar-refractivity contribution in [3.8, 4) is 0 Å². The number of rotatable bonds is 5. The Balaban J connectivity index is 1.46. The second-order valence-electron chi connectivity index (χ2n) is 20.8. The maximum Gasteiger partial charge on any atom is 0.329 e. The molecule has 4 N–H and O–H groups in total. The van der Waals surface area contributed by atoms with Gasteiger partial charge in [0.15, 0.2) is 0 Å². The molecule has 0 spiro atoms. The van der Waals surface area contributed by atoms with Crippen molar-refractivity contribution in [1.82, 2.24) is 4.90 Å². The Bertz CT molecular complexity index is 1780. The van der Waals surface area contributed by atoms with E-state index in [1.807, 2.05) is 51.2 Å². The zero-order chi connectivity index (χ0) is 47.0. The molecule has 5 rings (SSSR count). The standard InChI is InChI=1S/C52H79NO11/c1-30-14-10-9-11-15-31(2)45(63-8)23-37-18-17-36(7)52(62,28-37)49(59)50(60)53-19-13-12-16-42(53)51(61)64-46(33(4)22-38-24-40-25-39(38)26-44(40)56)27-43(55)32(3)21-35(6)48(58)41(29-54)47(57)34(5)20-30/h9-11,14-15,21,30,32-34,36-42,44-46,48,54,56,58,62H,12-13,16-20,22-29H2,1-8H3/b11-9?,14-10+,31-15?,35-21+/t30-,32-,33-,34-,36-,37+,38+,39-,40+,41+,42+,44+,45+,46+,48-,52+/m1/s1. The van der Waals surface area contributed by atoms with Crippen LogP contribution in [0.5, 0.6) is 0 Å². The van der Waals surface area contributed by atoms with E-state index in [9.17, 15) is 44.4 Å². The second kappa shape index (κ2) is 22.9. The van der Waals surface area contributed by atoms with Gasteiger partial charge in [-0.05, 0) is 143 Å². The first-order valence-corrected chi connectivity index (χ1v) is 24.3. The zero-order valence-corrected chi connectivity index (χ0v) is 39.8. The fraction of sp³-hybridized carbons (Fsp3) is 0.750. The summed E-state index contributed by atoms with van der Waals surface area (Å²) >= 11 is 0. The van der Waals surface area contributed by atoms with E-state index in [0.717, 1.165) is 31.3 Å². The highest BCUT2D eigenvalue weighted by atomic mass is 16.5. The Kier molecular flexibility index (Phi) is 18.5. The molecule has 16 atom stereocenters. The van der Waals surface area contributed by atoms with Gasteiger partial charge in [-0.2, -0.15) is 0 Å². The molecule has 0 aromatic heterocycles. The van der Waals surface area contributed by atoms with Gasteiger partial charge in [-0.1, -0.05) is 71.1 Å². The molecule has 358 valence electrons. The Hall–Kier alpha value is -3.29. The Morgan fingerprint density at radius 2 is 1.62 bits per heavy atom. The van der Waals surface area contributed by atoms with Crippen LogP contribution in [0.3, 0.4) is 0 Å². The molecule has 3 aliphatic carbocycles. The van der Waals surface area contributed by atoms with E-state index in [0.29, 0.717) is 55.9 Å². The molecule has 64 heavy (non-hydrogen) atoms. The number of piperidine rings is 1. The Labute approximate surface area is 382 Å². The Morgan fingerprint density at radius 3 is 2.28 bits per heavy atom. The number of allylic oxidation sites excluding steroid dienone is 6. The summed E-state index contributed by atoms with van der Waals surface area (Å²) < 4.78 is 12.2. The second-order valence-corrected chi connectivity index (χ2v) is 20.8. The van der Waals surface area contributed by atoms with E-state index in [-0.39, 0.29) is 73.3 Å². The van der Waals surface area contributed by atoms with Gasteiger partial charge in [-0.3, -0.25) is 19.2 Å². The highest BCUT2D eigenvalue weighted by molar-refractivity contribution is 6.39. The van der Waals surface area contributed by atoms with Crippen LogP contribution in [0.25, 0.3) is 0 Å². The molecule has 4 bridgehead atoms. The number of Topliss-reactive ketones (excluding diaryl/α,β-unsaturated/α-hetero) is 3. The number of carbonyl (C=O) groups excluding carboxylic acids is 5. The number of esters is 1. The summed E-state index contributed by atoms with van der Waals surface area (Å²) in [5, 5.41) is 44.3. The first-order valence-electron chi connectivity index (χ1n) is 24.3. The van der Waals surface area contributed by atoms with Crippen molar-refractivity contribution < 1.29 is 53.9 Å². The number of aliphatic hydroxyl groups is 4. The number of hydrogen-bond acceptors (Lipinski definition) is 11. The molecule has 0 aromatic carbocycles. The van der Waals surface area contributed by atoms with Crippen LogP contribution in [0.2, 0.25) is 0 Å². The van der Waals surface area contributed by atoms with Crippen LogP contribution >= 0.6 is 0 Å². The van der Waals surface area contributed by atoms with Gasteiger partial charge in [0.05, 0.1) is 30.8 Å².